The van der Waals surface area contributed by atoms with Gasteiger partial charge in [0.2, 0.25) is 5.91 Å². The number of amides is 1. The van der Waals surface area contributed by atoms with Crippen molar-refractivity contribution in [2.45, 2.75) is 59.0 Å². The SMILES string of the molecule is CC(C)CCC(C)NC(=O)C1NCCC1C. The smallest absolute Gasteiger partial charge is 0.237 e. The maximum Gasteiger partial charge on any atom is 0.237 e. The van der Waals surface area contributed by atoms with Crippen LogP contribution in [0.5, 0.6) is 0 Å². The zero-order valence-corrected chi connectivity index (χ0v) is 11.0. The van der Waals surface area contributed by atoms with Crippen LogP contribution in [0.3, 0.4) is 0 Å². The van der Waals surface area contributed by atoms with Crippen molar-refractivity contribution in [3.8, 4) is 0 Å². The highest BCUT2D eigenvalue weighted by molar-refractivity contribution is 5.82. The van der Waals surface area contributed by atoms with Crippen molar-refractivity contribution in [2.75, 3.05) is 6.54 Å². The fourth-order valence-electron chi connectivity index (χ4n) is 2.17. The van der Waals surface area contributed by atoms with E-state index in [1.165, 1.54) is 6.42 Å². The van der Waals surface area contributed by atoms with E-state index in [2.05, 4.69) is 38.3 Å². The molecule has 3 atom stereocenters. The quantitative estimate of drug-likeness (QED) is 0.752. The summed E-state index contributed by atoms with van der Waals surface area (Å²) in [6.07, 6.45) is 3.36. The van der Waals surface area contributed by atoms with Crippen molar-refractivity contribution >= 4 is 5.91 Å². The van der Waals surface area contributed by atoms with Crippen LogP contribution in [0.1, 0.15) is 47.0 Å². The van der Waals surface area contributed by atoms with Crippen molar-refractivity contribution in [1.29, 1.82) is 0 Å². The maximum atomic E-state index is 11.9. The van der Waals surface area contributed by atoms with Crippen LogP contribution < -0.4 is 10.6 Å². The normalized spacial score (nSPS) is 27.1. The molecule has 3 unspecified atom stereocenters. The Bertz CT molecular complexity index is 228. The topological polar surface area (TPSA) is 41.1 Å². The minimum atomic E-state index is 0.0292. The molecule has 0 saturated carbocycles. The first kappa shape index (κ1) is 13.5. The van der Waals surface area contributed by atoms with Crippen molar-refractivity contribution < 1.29 is 4.79 Å². The molecular formula is C13H26N2O. The second-order valence-electron chi connectivity index (χ2n) is 5.58. The first-order valence-corrected chi connectivity index (χ1v) is 6.54. The average molecular weight is 226 g/mol. The predicted octanol–water partition coefficient (Wildman–Crippen LogP) is 1.93. The van der Waals surface area contributed by atoms with E-state index in [0.717, 1.165) is 19.4 Å². The summed E-state index contributed by atoms with van der Waals surface area (Å²) in [4.78, 5) is 11.9. The van der Waals surface area contributed by atoms with Gasteiger partial charge in [-0.1, -0.05) is 20.8 Å². The monoisotopic (exact) mass is 226 g/mol. The van der Waals surface area contributed by atoms with Crippen LogP contribution in [0.15, 0.2) is 0 Å². The zero-order valence-electron chi connectivity index (χ0n) is 11.0. The Morgan fingerprint density at radius 2 is 2.06 bits per heavy atom. The molecule has 16 heavy (non-hydrogen) atoms. The third kappa shape index (κ3) is 4.12. The van der Waals surface area contributed by atoms with Crippen LogP contribution in [0.2, 0.25) is 0 Å². The zero-order chi connectivity index (χ0) is 12.1. The van der Waals surface area contributed by atoms with E-state index in [1.54, 1.807) is 0 Å². The van der Waals surface area contributed by atoms with E-state index in [-0.39, 0.29) is 11.9 Å². The van der Waals surface area contributed by atoms with Gasteiger partial charge in [-0.3, -0.25) is 4.79 Å². The van der Waals surface area contributed by atoms with Gasteiger partial charge < -0.3 is 10.6 Å². The first-order valence-electron chi connectivity index (χ1n) is 6.54. The summed E-state index contributed by atoms with van der Waals surface area (Å²) in [5, 5.41) is 6.37. The molecule has 0 aromatic rings. The molecule has 1 aliphatic heterocycles. The van der Waals surface area contributed by atoms with E-state index >= 15 is 0 Å². The van der Waals surface area contributed by atoms with Gasteiger partial charge >= 0.3 is 0 Å². The van der Waals surface area contributed by atoms with Crippen molar-refractivity contribution in [1.82, 2.24) is 10.6 Å². The summed E-state index contributed by atoms with van der Waals surface area (Å²) in [5.41, 5.74) is 0. The van der Waals surface area contributed by atoms with Crippen molar-refractivity contribution in [3.63, 3.8) is 0 Å². The molecule has 0 radical (unpaired) electrons. The summed E-state index contributed by atoms with van der Waals surface area (Å²) in [6, 6.07) is 0.325. The van der Waals surface area contributed by atoms with Gasteiger partial charge in [0.1, 0.15) is 0 Å². The van der Waals surface area contributed by atoms with Gasteiger partial charge in [-0.05, 0) is 44.6 Å². The molecule has 0 spiro atoms. The molecule has 1 amide bonds. The Balaban J connectivity index is 2.27. The van der Waals surface area contributed by atoms with Gasteiger partial charge in [-0.15, -0.1) is 0 Å². The fraction of sp³-hybridized carbons (Fsp3) is 0.923. The summed E-state index contributed by atoms with van der Waals surface area (Å²) in [7, 11) is 0. The Hall–Kier alpha value is -0.570. The fourth-order valence-corrected chi connectivity index (χ4v) is 2.17. The minimum Gasteiger partial charge on any atom is -0.352 e. The number of carbonyl (C=O) groups excluding carboxylic acids is 1. The van der Waals surface area contributed by atoms with Crippen LogP contribution in [-0.4, -0.2) is 24.5 Å². The van der Waals surface area contributed by atoms with Crippen molar-refractivity contribution in [2.24, 2.45) is 11.8 Å². The van der Waals surface area contributed by atoms with Gasteiger partial charge in [0.15, 0.2) is 0 Å². The Morgan fingerprint density at radius 1 is 1.38 bits per heavy atom. The van der Waals surface area contributed by atoms with Crippen LogP contribution in [0.25, 0.3) is 0 Å². The number of hydrogen-bond acceptors (Lipinski definition) is 2. The lowest BCUT2D eigenvalue weighted by atomic mass is 10.0. The third-order valence-corrected chi connectivity index (χ3v) is 3.38. The molecule has 1 rings (SSSR count). The lowest BCUT2D eigenvalue weighted by Crippen LogP contribution is -2.46. The molecule has 0 aliphatic carbocycles. The van der Waals surface area contributed by atoms with Crippen LogP contribution >= 0.6 is 0 Å². The Morgan fingerprint density at radius 3 is 2.56 bits per heavy atom. The van der Waals surface area contributed by atoms with Gasteiger partial charge in [0.25, 0.3) is 0 Å². The van der Waals surface area contributed by atoms with E-state index in [9.17, 15) is 4.79 Å². The number of carbonyl (C=O) groups is 1. The summed E-state index contributed by atoms with van der Waals surface area (Å²) < 4.78 is 0. The molecule has 1 aliphatic rings. The number of nitrogens with one attached hydrogen (secondary N) is 2. The Labute approximate surface area is 99.4 Å². The lowest BCUT2D eigenvalue weighted by Gasteiger charge is -2.20. The second-order valence-corrected chi connectivity index (χ2v) is 5.58. The molecular weight excluding hydrogens is 200 g/mol. The summed E-state index contributed by atoms with van der Waals surface area (Å²) in [5.74, 6) is 1.36. The van der Waals surface area contributed by atoms with Crippen LogP contribution in [0, 0.1) is 11.8 Å². The van der Waals surface area contributed by atoms with E-state index < -0.39 is 0 Å². The molecule has 94 valence electrons. The molecule has 3 heteroatoms. The molecule has 0 aromatic carbocycles. The van der Waals surface area contributed by atoms with Gasteiger partial charge in [0.05, 0.1) is 6.04 Å². The van der Waals surface area contributed by atoms with Gasteiger partial charge in [0, 0.05) is 6.04 Å². The molecule has 1 heterocycles. The molecule has 3 nitrogen and oxygen atoms in total. The third-order valence-electron chi connectivity index (χ3n) is 3.38. The van der Waals surface area contributed by atoms with Crippen LogP contribution in [-0.2, 0) is 4.79 Å². The maximum absolute atomic E-state index is 11.9. The number of hydrogen-bond donors (Lipinski definition) is 2. The van der Waals surface area contributed by atoms with Crippen LogP contribution in [0.4, 0.5) is 0 Å². The van der Waals surface area contributed by atoms with Crippen molar-refractivity contribution in [3.05, 3.63) is 0 Å². The average Bonchev–Trinajstić information content (AvgIpc) is 2.61. The summed E-state index contributed by atoms with van der Waals surface area (Å²) in [6.45, 7) is 9.65. The molecule has 1 saturated heterocycles. The van der Waals surface area contributed by atoms with E-state index in [1.807, 2.05) is 0 Å². The highest BCUT2D eigenvalue weighted by Gasteiger charge is 2.29. The molecule has 0 aromatic heterocycles. The first-order chi connectivity index (χ1) is 7.50. The largest absolute Gasteiger partial charge is 0.352 e. The second kappa shape index (κ2) is 6.24. The summed E-state index contributed by atoms with van der Waals surface area (Å²) >= 11 is 0. The van der Waals surface area contributed by atoms with Gasteiger partial charge in [-0.25, -0.2) is 0 Å². The highest BCUT2D eigenvalue weighted by Crippen LogP contribution is 2.15. The highest BCUT2D eigenvalue weighted by atomic mass is 16.2. The lowest BCUT2D eigenvalue weighted by molar-refractivity contribution is -0.124. The minimum absolute atomic E-state index is 0.0292. The van der Waals surface area contributed by atoms with E-state index in [4.69, 9.17) is 0 Å². The van der Waals surface area contributed by atoms with Gasteiger partial charge in [-0.2, -0.15) is 0 Å². The molecule has 0 bridgehead atoms. The van der Waals surface area contributed by atoms with E-state index in [0.29, 0.717) is 17.9 Å². The number of rotatable bonds is 5. The predicted molar refractivity (Wildman–Crippen MR) is 67.2 cm³/mol. The Kier molecular flexibility index (Phi) is 5.26. The molecule has 2 N–H and O–H groups in total. The standard InChI is InChI=1S/C13H26N2O/c1-9(2)5-6-11(4)15-13(16)12-10(3)7-8-14-12/h9-12,14H,5-8H2,1-4H3,(H,15,16). The molecule has 1 fully saturated rings.